The lowest BCUT2D eigenvalue weighted by Gasteiger charge is -2.23. The molecule has 0 heterocycles. The molecule has 2 atom stereocenters. The van der Waals surface area contributed by atoms with Gasteiger partial charge in [0, 0.05) is 6.92 Å². The lowest BCUT2D eigenvalue weighted by Crippen LogP contribution is -2.52. The van der Waals surface area contributed by atoms with Crippen LogP contribution in [0.2, 0.25) is 0 Å². The number of carbonyl (C=O) groups is 3. The number of hydrogen-bond acceptors (Lipinski definition) is 4. The van der Waals surface area contributed by atoms with Crippen LogP contribution in [0.25, 0.3) is 0 Å². The van der Waals surface area contributed by atoms with Crippen molar-refractivity contribution in [2.75, 3.05) is 6.61 Å². The zero-order valence-corrected chi connectivity index (χ0v) is 13.0. The summed E-state index contributed by atoms with van der Waals surface area (Å²) < 4.78 is 5.13. The molecule has 2 unspecified atom stereocenters. The van der Waals surface area contributed by atoms with Crippen LogP contribution in [0.15, 0.2) is 0 Å². The molecule has 0 aliphatic carbocycles. The third kappa shape index (κ3) is 7.11. The van der Waals surface area contributed by atoms with Crippen molar-refractivity contribution in [1.82, 2.24) is 10.6 Å². The van der Waals surface area contributed by atoms with Crippen LogP contribution in [0.3, 0.4) is 0 Å². The normalized spacial score (nSPS) is 13.5. The first-order chi connectivity index (χ1) is 9.29. The Morgan fingerprint density at radius 2 is 1.70 bits per heavy atom. The molecule has 116 valence electrons. The van der Waals surface area contributed by atoms with Gasteiger partial charge in [0.1, 0.15) is 12.1 Å². The molecule has 6 nitrogen and oxygen atoms in total. The van der Waals surface area contributed by atoms with E-state index >= 15 is 0 Å². The molecule has 0 saturated carbocycles. The van der Waals surface area contributed by atoms with E-state index in [-0.39, 0.29) is 11.8 Å². The fraction of sp³-hybridized carbons (Fsp3) is 0.786. The Hall–Kier alpha value is -1.59. The summed E-state index contributed by atoms with van der Waals surface area (Å²) in [6.45, 7) is 8.92. The number of unbranched alkanes of at least 4 members (excludes halogenated alkanes) is 1. The number of ether oxygens (including phenoxy) is 1. The third-order valence-corrected chi connectivity index (χ3v) is 2.77. The van der Waals surface area contributed by atoms with Gasteiger partial charge in [-0.1, -0.05) is 27.2 Å². The van der Waals surface area contributed by atoms with Crippen LogP contribution in [-0.4, -0.2) is 36.5 Å². The highest BCUT2D eigenvalue weighted by molar-refractivity contribution is 5.90. The van der Waals surface area contributed by atoms with E-state index in [1.54, 1.807) is 6.92 Å². The molecular formula is C14H26N2O4. The van der Waals surface area contributed by atoms with Gasteiger partial charge in [-0.25, -0.2) is 4.79 Å². The van der Waals surface area contributed by atoms with E-state index in [0.717, 1.165) is 12.8 Å². The SMILES string of the molecule is CCCCOC(=O)C(NC(=O)C(C)NC(C)=O)C(C)C. The molecule has 0 aromatic rings. The number of hydrogen-bond donors (Lipinski definition) is 2. The second-order valence-electron chi connectivity index (χ2n) is 5.17. The van der Waals surface area contributed by atoms with Gasteiger partial charge in [-0.3, -0.25) is 9.59 Å². The van der Waals surface area contributed by atoms with Crippen molar-refractivity contribution >= 4 is 17.8 Å². The Morgan fingerprint density at radius 3 is 2.15 bits per heavy atom. The molecule has 0 aromatic carbocycles. The summed E-state index contributed by atoms with van der Waals surface area (Å²) >= 11 is 0. The molecule has 0 saturated heterocycles. The molecule has 0 aromatic heterocycles. The largest absolute Gasteiger partial charge is 0.464 e. The first kappa shape index (κ1) is 18.4. The van der Waals surface area contributed by atoms with Crippen molar-refractivity contribution in [3.05, 3.63) is 0 Å². The molecule has 0 radical (unpaired) electrons. The van der Waals surface area contributed by atoms with Gasteiger partial charge in [0.05, 0.1) is 6.61 Å². The van der Waals surface area contributed by atoms with Crippen molar-refractivity contribution in [3.8, 4) is 0 Å². The van der Waals surface area contributed by atoms with Crippen molar-refractivity contribution in [2.45, 2.75) is 59.5 Å². The second kappa shape index (κ2) is 9.34. The summed E-state index contributed by atoms with van der Waals surface area (Å²) in [6.07, 6.45) is 1.73. The van der Waals surface area contributed by atoms with Gasteiger partial charge in [0.15, 0.2) is 0 Å². The number of carbonyl (C=O) groups excluding carboxylic acids is 3. The van der Waals surface area contributed by atoms with Gasteiger partial charge in [-0.05, 0) is 19.3 Å². The fourth-order valence-corrected chi connectivity index (χ4v) is 1.55. The van der Waals surface area contributed by atoms with Crippen LogP contribution in [0.5, 0.6) is 0 Å². The quantitative estimate of drug-likeness (QED) is 0.515. The van der Waals surface area contributed by atoms with Gasteiger partial charge in [0.2, 0.25) is 11.8 Å². The first-order valence-corrected chi connectivity index (χ1v) is 7.03. The molecule has 2 N–H and O–H groups in total. The van der Waals surface area contributed by atoms with Gasteiger partial charge in [0.25, 0.3) is 0 Å². The fourth-order valence-electron chi connectivity index (χ4n) is 1.55. The van der Waals surface area contributed by atoms with Crippen molar-refractivity contribution < 1.29 is 19.1 Å². The molecule has 0 rings (SSSR count). The molecule has 0 aliphatic rings. The second-order valence-corrected chi connectivity index (χ2v) is 5.17. The zero-order chi connectivity index (χ0) is 15.7. The number of rotatable bonds is 8. The van der Waals surface area contributed by atoms with E-state index in [1.165, 1.54) is 6.92 Å². The highest BCUT2D eigenvalue weighted by Crippen LogP contribution is 2.05. The summed E-state index contributed by atoms with van der Waals surface area (Å²) in [7, 11) is 0. The predicted octanol–water partition coefficient (Wildman–Crippen LogP) is 0.995. The molecule has 2 amide bonds. The van der Waals surface area contributed by atoms with E-state index in [4.69, 9.17) is 4.74 Å². The summed E-state index contributed by atoms with van der Waals surface area (Å²) in [6, 6.07) is -1.38. The highest BCUT2D eigenvalue weighted by atomic mass is 16.5. The lowest BCUT2D eigenvalue weighted by molar-refractivity contribution is -0.149. The summed E-state index contributed by atoms with van der Waals surface area (Å²) in [4.78, 5) is 34.7. The van der Waals surface area contributed by atoms with Crippen LogP contribution in [0, 0.1) is 5.92 Å². The topological polar surface area (TPSA) is 84.5 Å². The van der Waals surface area contributed by atoms with E-state index in [1.807, 2.05) is 20.8 Å². The maximum atomic E-state index is 11.9. The Bertz CT molecular complexity index is 342. The van der Waals surface area contributed by atoms with Crippen LogP contribution < -0.4 is 10.6 Å². The van der Waals surface area contributed by atoms with Gasteiger partial charge in [-0.15, -0.1) is 0 Å². The standard InChI is InChI=1S/C14H26N2O4/c1-6-7-8-20-14(19)12(9(2)3)16-13(18)10(4)15-11(5)17/h9-10,12H,6-8H2,1-5H3,(H,15,17)(H,16,18). The smallest absolute Gasteiger partial charge is 0.328 e. The minimum atomic E-state index is -0.699. The molecular weight excluding hydrogens is 260 g/mol. The van der Waals surface area contributed by atoms with Crippen molar-refractivity contribution in [1.29, 1.82) is 0 Å². The monoisotopic (exact) mass is 286 g/mol. The van der Waals surface area contributed by atoms with Crippen LogP contribution in [0.4, 0.5) is 0 Å². The van der Waals surface area contributed by atoms with E-state index in [0.29, 0.717) is 6.61 Å². The third-order valence-electron chi connectivity index (χ3n) is 2.77. The number of esters is 1. The van der Waals surface area contributed by atoms with E-state index < -0.39 is 24.0 Å². The van der Waals surface area contributed by atoms with Crippen molar-refractivity contribution in [2.24, 2.45) is 5.92 Å². The summed E-state index contributed by atoms with van der Waals surface area (Å²) in [5.41, 5.74) is 0. The molecule has 0 aliphatic heterocycles. The molecule has 0 spiro atoms. The lowest BCUT2D eigenvalue weighted by atomic mass is 10.0. The first-order valence-electron chi connectivity index (χ1n) is 7.03. The van der Waals surface area contributed by atoms with Gasteiger partial charge < -0.3 is 15.4 Å². The Kier molecular flexibility index (Phi) is 8.59. The maximum absolute atomic E-state index is 11.9. The van der Waals surface area contributed by atoms with E-state index in [9.17, 15) is 14.4 Å². The minimum absolute atomic E-state index is 0.0856. The molecule has 0 bridgehead atoms. The number of nitrogens with one attached hydrogen (secondary N) is 2. The summed E-state index contributed by atoms with van der Waals surface area (Å²) in [5, 5.41) is 5.10. The molecule has 6 heteroatoms. The van der Waals surface area contributed by atoms with Crippen molar-refractivity contribution in [3.63, 3.8) is 0 Å². The Balaban J connectivity index is 4.49. The van der Waals surface area contributed by atoms with Crippen LogP contribution >= 0.6 is 0 Å². The summed E-state index contributed by atoms with van der Waals surface area (Å²) in [5.74, 6) is -1.21. The maximum Gasteiger partial charge on any atom is 0.328 e. The van der Waals surface area contributed by atoms with E-state index in [2.05, 4.69) is 10.6 Å². The average molecular weight is 286 g/mol. The Labute approximate surface area is 120 Å². The van der Waals surface area contributed by atoms with Gasteiger partial charge >= 0.3 is 5.97 Å². The number of amides is 2. The molecule has 0 fully saturated rings. The van der Waals surface area contributed by atoms with Crippen LogP contribution in [0.1, 0.15) is 47.5 Å². The molecule has 20 heavy (non-hydrogen) atoms. The van der Waals surface area contributed by atoms with Crippen LogP contribution in [-0.2, 0) is 19.1 Å². The Morgan fingerprint density at radius 1 is 1.10 bits per heavy atom. The minimum Gasteiger partial charge on any atom is -0.464 e. The zero-order valence-electron chi connectivity index (χ0n) is 13.0. The average Bonchev–Trinajstić information content (AvgIpc) is 2.34. The van der Waals surface area contributed by atoms with Gasteiger partial charge in [-0.2, -0.15) is 0 Å². The predicted molar refractivity (Wildman–Crippen MR) is 75.9 cm³/mol. The highest BCUT2D eigenvalue weighted by Gasteiger charge is 2.27.